The molecule has 0 saturated carbocycles. The third kappa shape index (κ3) is 4.21. The number of aryl methyl sites for hydroxylation is 1. The zero-order valence-electron chi connectivity index (χ0n) is 9.62. The van der Waals surface area contributed by atoms with Crippen LogP contribution in [0.2, 0.25) is 0 Å². The zero-order valence-corrected chi connectivity index (χ0v) is 10.4. The molecule has 0 unspecified atom stereocenters. The van der Waals surface area contributed by atoms with Crippen LogP contribution in [0.3, 0.4) is 0 Å². The van der Waals surface area contributed by atoms with E-state index in [0.717, 1.165) is 17.1 Å². The molecular formula is C8H10F3N3O4S. The number of hydrogen-bond donors (Lipinski definition) is 1. The van der Waals surface area contributed by atoms with Crippen molar-refractivity contribution < 1.29 is 31.5 Å². The van der Waals surface area contributed by atoms with Gasteiger partial charge in [0.05, 0.1) is 6.20 Å². The second-order valence-electron chi connectivity index (χ2n) is 3.63. The highest BCUT2D eigenvalue weighted by molar-refractivity contribution is 7.89. The fraction of sp³-hybridized carbons (Fsp3) is 0.500. The second-order valence-corrected chi connectivity index (χ2v) is 5.57. The van der Waals surface area contributed by atoms with E-state index in [-0.39, 0.29) is 4.31 Å². The molecule has 1 N–H and O–H groups in total. The lowest BCUT2D eigenvalue weighted by atomic mass is 10.5. The lowest BCUT2D eigenvalue weighted by Gasteiger charge is -2.20. The Balaban J connectivity index is 3.12. The Labute approximate surface area is 106 Å². The number of carbonyl (C=O) groups is 1. The average Bonchev–Trinajstić information content (AvgIpc) is 2.61. The Bertz CT molecular complexity index is 566. The van der Waals surface area contributed by atoms with Gasteiger partial charge in [-0.15, -0.1) is 0 Å². The van der Waals surface area contributed by atoms with Gasteiger partial charge in [-0.05, 0) is 0 Å². The number of alkyl halides is 3. The van der Waals surface area contributed by atoms with Crippen molar-refractivity contribution in [3.8, 4) is 0 Å². The Kier molecular flexibility index (Phi) is 4.20. The van der Waals surface area contributed by atoms with Gasteiger partial charge in [-0.3, -0.25) is 9.48 Å². The largest absolute Gasteiger partial charge is 0.480 e. The lowest BCUT2D eigenvalue weighted by Crippen LogP contribution is -2.41. The highest BCUT2D eigenvalue weighted by atomic mass is 32.2. The number of sulfonamides is 1. The van der Waals surface area contributed by atoms with E-state index in [1.165, 1.54) is 7.05 Å². The van der Waals surface area contributed by atoms with Gasteiger partial charge in [0.15, 0.2) is 0 Å². The van der Waals surface area contributed by atoms with Crippen LogP contribution < -0.4 is 0 Å². The quantitative estimate of drug-likeness (QED) is 0.830. The molecule has 108 valence electrons. The molecule has 0 bridgehead atoms. The maximum Gasteiger partial charge on any atom is 0.402 e. The monoisotopic (exact) mass is 301 g/mol. The summed E-state index contributed by atoms with van der Waals surface area (Å²) in [7, 11) is -3.18. The van der Waals surface area contributed by atoms with Crippen molar-refractivity contribution in [1.29, 1.82) is 0 Å². The first-order valence-electron chi connectivity index (χ1n) is 4.80. The Hall–Kier alpha value is -1.62. The molecule has 0 radical (unpaired) electrons. The number of carboxylic acid groups (broad SMARTS) is 1. The van der Waals surface area contributed by atoms with Gasteiger partial charge < -0.3 is 5.11 Å². The molecule has 0 amide bonds. The van der Waals surface area contributed by atoms with Gasteiger partial charge in [-0.2, -0.15) is 22.6 Å². The maximum absolute atomic E-state index is 12.3. The van der Waals surface area contributed by atoms with Crippen LogP contribution in [0.15, 0.2) is 17.3 Å². The molecule has 19 heavy (non-hydrogen) atoms. The average molecular weight is 301 g/mol. The SMILES string of the molecule is Cn1cc(S(=O)(=O)N(CC(=O)O)CC(F)(F)F)cn1. The summed E-state index contributed by atoms with van der Waals surface area (Å²) in [6.45, 7) is -3.16. The third-order valence-electron chi connectivity index (χ3n) is 1.99. The minimum absolute atomic E-state index is 0.160. The van der Waals surface area contributed by atoms with E-state index in [1.54, 1.807) is 0 Å². The van der Waals surface area contributed by atoms with Crippen LogP contribution in [0.4, 0.5) is 13.2 Å². The van der Waals surface area contributed by atoms with Gasteiger partial charge in [-0.25, -0.2) is 8.42 Å². The van der Waals surface area contributed by atoms with Crippen molar-refractivity contribution in [3.63, 3.8) is 0 Å². The molecule has 11 heteroatoms. The molecular weight excluding hydrogens is 291 g/mol. The summed E-state index contributed by atoms with van der Waals surface area (Å²) in [6, 6.07) is 0. The molecule has 0 aliphatic heterocycles. The molecule has 0 spiro atoms. The van der Waals surface area contributed by atoms with Crippen LogP contribution in [0.25, 0.3) is 0 Å². The predicted molar refractivity (Wildman–Crippen MR) is 55.7 cm³/mol. The Morgan fingerprint density at radius 1 is 1.53 bits per heavy atom. The first-order chi connectivity index (χ1) is 8.52. The zero-order chi connectivity index (χ0) is 14.8. The second kappa shape index (κ2) is 5.17. The molecule has 1 heterocycles. The van der Waals surface area contributed by atoms with Gasteiger partial charge in [0.25, 0.3) is 0 Å². The molecule has 1 aromatic rings. The van der Waals surface area contributed by atoms with E-state index in [4.69, 9.17) is 5.11 Å². The first-order valence-corrected chi connectivity index (χ1v) is 6.24. The predicted octanol–water partition coefficient (Wildman–Crippen LogP) is 0.0577. The number of rotatable bonds is 5. The molecule has 0 aliphatic rings. The van der Waals surface area contributed by atoms with Crippen LogP contribution >= 0.6 is 0 Å². The molecule has 0 atom stereocenters. The summed E-state index contributed by atoms with van der Waals surface area (Å²) in [5, 5.41) is 12.0. The molecule has 1 aromatic heterocycles. The van der Waals surface area contributed by atoms with Gasteiger partial charge in [-0.1, -0.05) is 0 Å². The minimum Gasteiger partial charge on any atom is -0.480 e. The van der Waals surface area contributed by atoms with Crippen LogP contribution in [-0.4, -0.2) is 52.8 Å². The van der Waals surface area contributed by atoms with Crippen LogP contribution in [0.5, 0.6) is 0 Å². The summed E-state index contributed by atoms with van der Waals surface area (Å²) in [6.07, 6.45) is -3.01. The smallest absolute Gasteiger partial charge is 0.402 e. The van der Waals surface area contributed by atoms with Crippen LogP contribution in [0, 0.1) is 0 Å². The molecule has 1 rings (SSSR count). The highest BCUT2D eigenvalue weighted by Gasteiger charge is 2.38. The van der Waals surface area contributed by atoms with Gasteiger partial charge in [0.1, 0.15) is 18.0 Å². The van der Waals surface area contributed by atoms with Crippen molar-refractivity contribution in [1.82, 2.24) is 14.1 Å². The van der Waals surface area contributed by atoms with Crippen molar-refractivity contribution >= 4 is 16.0 Å². The summed E-state index contributed by atoms with van der Waals surface area (Å²) in [5.41, 5.74) is 0. The van der Waals surface area contributed by atoms with E-state index < -0.39 is 40.2 Å². The van der Waals surface area contributed by atoms with Crippen LogP contribution in [0.1, 0.15) is 0 Å². The number of aliphatic carboxylic acids is 1. The van der Waals surface area contributed by atoms with Crippen molar-refractivity contribution in [2.45, 2.75) is 11.1 Å². The van der Waals surface area contributed by atoms with Crippen molar-refractivity contribution in [3.05, 3.63) is 12.4 Å². The number of carboxylic acids is 1. The summed E-state index contributed by atoms with van der Waals surface area (Å²) in [4.78, 5) is 9.98. The number of hydrogen-bond acceptors (Lipinski definition) is 4. The molecule has 0 saturated heterocycles. The topological polar surface area (TPSA) is 92.5 Å². The normalized spacial score (nSPS) is 12.9. The number of halogens is 3. The fourth-order valence-corrected chi connectivity index (χ4v) is 2.62. The molecule has 0 aromatic carbocycles. The Morgan fingerprint density at radius 2 is 2.11 bits per heavy atom. The number of aromatic nitrogens is 2. The van der Waals surface area contributed by atoms with E-state index in [1.807, 2.05) is 0 Å². The first kappa shape index (κ1) is 15.4. The van der Waals surface area contributed by atoms with E-state index in [0.29, 0.717) is 0 Å². The Morgan fingerprint density at radius 3 is 2.47 bits per heavy atom. The summed E-state index contributed by atoms with van der Waals surface area (Å²) < 4.78 is 61.5. The maximum atomic E-state index is 12.3. The van der Waals surface area contributed by atoms with Crippen molar-refractivity contribution in [2.75, 3.05) is 13.1 Å². The lowest BCUT2D eigenvalue weighted by molar-refractivity contribution is -0.146. The highest BCUT2D eigenvalue weighted by Crippen LogP contribution is 2.22. The number of nitrogens with zero attached hydrogens (tertiary/aromatic N) is 3. The standard InChI is InChI=1S/C8H10F3N3O4S/c1-13-3-6(2-12-13)19(17,18)14(4-7(15)16)5-8(9,10)11/h2-3H,4-5H2,1H3,(H,15,16). The van der Waals surface area contributed by atoms with Crippen LogP contribution in [-0.2, 0) is 21.9 Å². The molecule has 0 fully saturated rings. The van der Waals surface area contributed by atoms with E-state index in [2.05, 4.69) is 5.10 Å². The minimum atomic E-state index is -4.84. The van der Waals surface area contributed by atoms with Gasteiger partial charge in [0, 0.05) is 13.2 Å². The van der Waals surface area contributed by atoms with Gasteiger partial charge in [0.2, 0.25) is 10.0 Å². The molecule has 0 aliphatic carbocycles. The van der Waals surface area contributed by atoms with E-state index >= 15 is 0 Å². The van der Waals surface area contributed by atoms with Gasteiger partial charge >= 0.3 is 12.1 Å². The summed E-state index contributed by atoms with van der Waals surface area (Å²) >= 11 is 0. The van der Waals surface area contributed by atoms with E-state index in [9.17, 15) is 26.4 Å². The summed E-state index contributed by atoms with van der Waals surface area (Å²) in [5.74, 6) is -1.68. The molecule has 7 nitrogen and oxygen atoms in total. The fourth-order valence-electron chi connectivity index (χ4n) is 1.26. The van der Waals surface area contributed by atoms with Crippen molar-refractivity contribution in [2.24, 2.45) is 7.05 Å². The third-order valence-corrected chi connectivity index (χ3v) is 3.73.